The molecule has 2 N–H and O–H groups in total. The van der Waals surface area contributed by atoms with E-state index in [0.29, 0.717) is 5.92 Å². The predicted octanol–water partition coefficient (Wildman–Crippen LogP) is 2.54. The monoisotopic (exact) mass is 355 g/mol. The summed E-state index contributed by atoms with van der Waals surface area (Å²) in [6, 6.07) is 0. The van der Waals surface area contributed by atoms with Crippen LogP contribution in [0.2, 0.25) is 4.94 Å². The van der Waals surface area contributed by atoms with Crippen molar-refractivity contribution in [2.45, 2.75) is 49.9 Å². The van der Waals surface area contributed by atoms with Crippen LogP contribution in [0.5, 0.6) is 0 Å². The van der Waals surface area contributed by atoms with Crippen LogP contribution < -0.4 is 0 Å². The van der Waals surface area contributed by atoms with Crippen LogP contribution in [0, 0.1) is 5.92 Å². The zero-order valence-corrected chi connectivity index (χ0v) is 14.1. The van der Waals surface area contributed by atoms with Gasteiger partial charge in [0.15, 0.2) is 5.44 Å². The van der Waals surface area contributed by atoms with Gasteiger partial charge in [0.2, 0.25) is 0 Å². The van der Waals surface area contributed by atoms with Crippen molar-refractivity contribution >= 4 is 40.3 Å². The Balaban J connectivity index is 0. The predicted molar refractivity (Wildman–Crippen MR) is 71.0 cm³/mol. The van der Waals surface area contributed by atoms with Crippen LogP contribution >= 0.6 is 11.8 Å². The second kappa shape index (κ2) is 13.6. The third-order valence-electron chi connectivity index (χ3n) is 2.24. The van der Waals surface area contributed by atoms with Crippen molar-refractivity contribution < 1.29 is 15.0 Å². The van der Waals surface area contributed by atoms with E-state index in [1.165, 1.54) is 12.8 Å². The van der Waals surface area contributed by atoms with Crippen molar-refractivity contribution in [2.24, 2.45) is 5.92 Å². The summed E-state index contributed by atoms with van der Waals surface area (Å²) in [5, 5.41) is 17.5. The van der Waals surface area contributed by atoms with Gasteiger partial charge in [0.05, 0.1) is 0 Å². The van der Waals surface area contributed by atoms with Crippen molar-refractivity contribution in [3.63, 3.8) is 0 Å². The van der Waals surface area contributed by atoms with Gasteiger partial charge in [-0.1, -0.05) is 33.1 Å². The second-order valence-corrected chi connectivity index (χ2v) is 4.55. The molecule has 0 aliphatic rings. The van der Waals surface area contributed by atoms with Gasteiger partial charge in [0.1, 0.15) is 0 Å². The molecule has 0 saturated carbocycles. The molecule has 0 fully saturated rings. The van der Waals surface area contributed by atoms with E-state index in [0.717, 1.165) is 30.4 Å². The minimum atomic E-state index is -1.26. The van der Waals surface area contributed by atoms with E-state index in [9.17, 15) is 4.79 Å². The molecule has 0 rings (SSSR count). The number of aliphatic hydroxyl groups is 1. The standard InChI is InChI=1S/C10H20O3S.CH3.Sn/c1-3-5-6-8(4-2)7-14-10(13)9(11)12;;/h8,10,13H,3-7H2,1-2H3,(H,11,12);1H3;. The average Bonchev–Trinajstić information content (AvgIpc) is 2.31. The molecule has 0 saturated heterocycles. The van der Waals surface area contributed by atoms with E-state index >= 15 is 0 Å². The Morgan fingerprint density at radius 3 is 2.31 bits per heavy atom. The summed E-state index contributed by atoms with van der Waals surface area (Å²) >= 11 is 2.67. The van der Waals surface area contributed by atoms with Gasteiger partial charge in [0, 0.05) is 0 Å². The molecule has 0 amide bonds. The molecule has 0 aromatic rings. The van der Waals surface area contributed by atoms with E-state index in [1.807, 2.05) is 0 Å². The number of hydrogen-bond acceptors (Lipinski definition) is 3. The first-order valence-electron chi connectivity index (χ1n) is 5.64. The van der Waals surface area contributed by atoms with Gasteiger partial charge in [0.25, 0.3) is 0 Å². The van der Waals surface area contributed by atoms with Crippen LogP contribution in [0.4, 0.5) is 0 Å². The van der Waals surface area contributed by atoms with E-state index in [2.05, 4.69) is 18.8 Å². The molecule has 0 bridgehead atoms. The molecule has 16 heavy (non-hydrogen) atoms. The van der Waals surface area contributed by atoms with Crippen molar-refractivity contribution in [1.29, 1.82) is 0 Å². The number of carboxylic acids is 1. The minimum absolute atomic E-state index is 0.536. The van der Waals surface area contributed by atoms with Crippen LogP contribution in [0.3, 0.4) is 0 Å². The van der Waals surface area contributed by atoms with Gasteiger partial charge in [-0.15, -0.1) is 11.8 Å². The summed E-state index contributed by atoms with van der Waals surface area (Å²) in [5.74, 6) is 0.138. The number of thioether (sulfide) groups is 1. The molecule has 2 atom stereocenters. The Hall–Kier alpha value is 0.579. The Bertz CT molecular complexity index is 167. The molecule has 0 aliphatic carbocycles. The third-order valence-corrected chi connectivity index (χ3v) is 3.43. The van der Waals surface area contributed by atoms with Crippen molar-refractivity contribution in [3.8, 4) is 0 Å². The summed E-state index contributed by atoms with van der Waals surface area (Å²) in [6.45, 7) is 4.25. The SMILES string of the molecule is CCCCC(CC)CSC(O)C(=O)O.[CH3][Sn]. The normalized spacial score (nSPS) is 13.6. The number of unbranched alkanes of at least 4 members (excludes halogenated alkanes) is 1. The fraction of sp³-hybridized carbons (Fsp3) is 0.909. The van der Waals surface area contributed by atoms with Crippen LogP contribution in [-0.4, -0.2) is 49.9 Å². The number of carboxylic acid groups (broad SMARTS) is 1. The van der Waals surface area contributed by atoms with Crippen LogP contribution in [0.1, 0.15) is 39.5 Å². The molecule has 95 valence electrons. The summed E-state index contributed by atoms with van der Waals surface area (Å²) in [5.41, 5.74) is -1.26. The third kappa shape index (κ3) is 11.1. The number of aliphatic carboxylic acids is 1. The van der Waals surface area contributed by atoms with E-state index in [1.54, 1.807) is 22.5 Å². The number of rotatable bonds is 8. The maximum absolute atomic E-state index is 10.3. The first kappa shape index (κ1) is 18.9. The zero-order valence-electron chi connectivity index (χ0n) is 10.4. The molecule has 0 spiro atoms. The van der Waals surface area contributed by atoms with Gasteiger partial charge in [-0.3, -0.25) is 0 Å². The van der Waals surface area contributed by atoms with Gasteiger partial charge < -0.3 is 10.2 Å². The van der Waals surface area contributed by atoms with Gasteiger partial charge in [-0.25, -0.2) is 4.79 Å². The van der Waals surface area contributed by atoms with Crippen LogP contribution in [0.15, 0.2) is 0 Å². The van der Waals surface area contributed by atoms with Crippen LogP contribution in [0.25, 0.3) is 0 Å². The number of carbonyl (C=O) groups is 1. The van der Waals surface area contributed by atoms with E-state index in [4.69, 9.17) is 10.2 Å². The Labute approximate surface area is 116 Å². The molecule has 0 heterocycles. The molecule has 2 unspecified atom stereocenters. The topological polar surface area (TPSA) is 57.5 Å². The van der Waals surface area contributed by atoms with E-state index in [-0.39, 0.29) is 0 Å². The van der Waals surface area contributed by atoms with Crippen molar-refractivity contribution in [2.75, 3.05) is 5.75 Å². The molecule has 0 aliphatic heterocycles. The quantitative estimate of drug-likeness (QED) is 0.520. The molecule has 3 radical (unpaired) electrons. The summed E-state index contributed by atoms with van der Waals surface area (Å²) in [6.07, 6.45) is 4.54. The van der Waals surface area contributed by atoms with Crippen molar-refractivity contribution in [3.05, 3.63) is 0 Å². The molecule has 3 nitrogen and oxygen atoms in total. The molecular formula is C11H23O3SSn. The molecule has 5 heteroatoms. The number of hydrogen-bond donors (Lipinski definition) is 2. The Morgan fingerprint density at radius 1 is 1.38 bits per heavy atom. The fourth-order valence-electron chi connectivity index (χ4n) is 1.20. The summed E-state index contributed by atoms with van der Waals surface area (Å²) < 4.78 is 0. The van der Waals surface area contributed by atoms with Crippen molar-refractivity contribution in [1.82, 2.24) is 0 Å². The zero-order chi connectivity index (χ0) is 13.0. The maximum atomic E-state index is 10.3. The van der Waals surface area contributed by atoms with Crippen LogP contribution in [-0.2, 0) is 4.79 Å². The molecule has 0 aromatic heterocycles. The first-order valence-corrected chi connectivity index (χ1v) is 9.54. The molecule has 0 aromatic carbocycles. The van der Waals surface area contributed by atoms with E-state index < -0.39 is 11.4 Å². The summed E-state index contributed by atoms with van der Waals surface area (Å²) in [7, 11) is 0. The Kier molecular flexibility index (Phi) is 16.1. The second-order valence-electron chi connectivity index (χ2n) is 3.44. The fourth-order valence-corrected chi connectivity index (χ4v) is 2.20. The summed E-state index contributed by atoms with van der Waals surface area (Å²) in [4.78, 5) is 12.4. The van der Waals surface area contributed by atoms with Gasteiger partial charge in [-0.05, 0) is 18.1 Å². The average molecular weight is 354 g/mol. The molecular weight excluding hydrogens is 331 g/mol. The van der Waals surface area contributed by atoms with Gasteiger partial charge >= 0.3 is 33.4 Å². The first-order chi connectivity index (χ1) is 7.61. The van der Waals surface area contributed by atoms with Gasteiger partial charge in [-0.2, -0.15) is 0 Å². The number of aliphatic hydroxyl groups excluding tert-OH is 1. The Morgan fingerprint density at radius 2 is 1.94 bits per heavy atom.